The Morgan fingerprint density at radius 1 is 1.43 bits per heavy atom. The molecular formula is C12H19N3O5S. The molecule has 1 atom stereocenters. The van der Waals surface area contributed by atoms with Crippen LogP contribution in [0.5, 0.6) is 0 Å². The van der Waals surface area contributed by atoms with Crippen molar-refractivity contribution in [3.05, 3.63) is 18.0 Å². The molecule has 0 bridgehead atoms. The Balaban J connectivity index is 3.07. The zero-order chi connectivity index (χ0) is 16.4. The number of aliphatic carboxylic acids is 1. The molecule has 0 fully saturated rings. The second kappa shape index (κ2) is 6.27. The molecular weight excluding hydrogens is 298 g/mol. The molecule has 8 nitrogen and oxygen atoms in total. The van der Waals surface area contributed by atoms with Crippen molar-refractivity contribution in [3.8, 4) is 0 Å². The molecule has 1 aromatic heterocycles. The number of hydrogen-bond donors (Lipinski definition) is 3. The predicted molar refractivity (Wildman–Crippen MR) is 75.1 cm³/mol. The number of nitrogens with two attached hydrogens (primary N) is 1. The number of carbonyl (C=O) groups excluding carboxylic acids is 1. The average Bonchev–Trinajstić information content (AvgIpc) is 2.70. The number of hydrogen-bond acceptors (Lipinski definition) is 4. The van der Waals surface area contributed by atoms with Gasteiger partial charge in [0.15, 0.2) is 0 Å². The Kier molecular flexibility index (Phi) is 5.13. The van der Waals surface area contributed by atoms with Crippen molar-refractivity contribution in [2.75, 3.05) is 0 Å². The number of nitrogens with zero attached hydrogens (tertiary/aromatic N) is 1. The van der Waals surface area contributed by atoms with Crippen molar-refractivity contribution in [2.24, 2.45) is 18.7 Å². The van der Waals surface area contributed by atoms with Crippen LogP contribution in [-0.4, -0.2) is 36.0 Å². The molecule has 4 N–H and O–H groups in total. The zero-order valence-electron chi connectivity index (χ0n) is 12.0. The van der Waals surface area contributed by atoms with Crippen LogP contribution in [0.25, 0.3) is 0 Å². The molecule has 1 aromatic rings. The quantitative estimate of drug-likeness (QED) is 0.646. The predicted octanol–water partition coefficient (Wildman–Crippen LogP) is -0.0984. The first-order valence-corrected chi connectivity index (χ1v) is 7.74. The number of sulfonamides is 1. The highest BCUT2D eigenvalue weighted by atomic mass is 32.2. The number of carboxylic acids is 1. The van der Waals surface area contributed by atoms with Crippen LogP contribution in [0.4, 0.5) is 0 Å². The van der Waals surface area contributed by atoms with E-state index >= 15 is 0 Å². The van der Waals surface area contributed by atoms with Crippen LogP contribution in [0, 0.1) is 5.92 Å². The van der Waals surface area contributed by atoms with Crippen LogP contribution in [0.1, 0.15) is 30.8 Å². The van der Waals surface area contributed by atoms with Gasteiger partial charge in [-0.25, -0.2) is 8.42 Å². The van der Waals surface area contributed by atoms with Gasteiger partial charge in [-0.1, -0.05) is 13.8 Å². The van der Waals surface area contributed by atoms with Crippen molar-refractivity contribution < 1.29 is 23.1 Å². The zero-order valence-corrected chi connectivity index (χ0v) is 12.8. The van der Waals surface area contributed by atoms with Crippen LogP contribution >= 0.6 is 0 Å². The van der Waals surface area contributed by atoms with Crippen molar-refractivity contribution in [1.29, 1.82) is 0 Å². The molecule has 0 saturated heterocycles. The lowest BCUT2D eigenvalue weighted by atomic mass is 10.1. The van der Waals surface area contributed by atoms with E-state index in [9.17, 15) is 18.0 Å². The van der Waals surface area contributed by atoms with Gasteiger partial charge >= 0.3 is 5.97 Å². The molecule has 118 valence electrons. The summed E-state index contributed by atoms with van der Waals surface area (Å²) in [6.07, 6.45) is 1.36. The van der Waals surface area contributed by atoms with Gasteiger partial charge in [-0.05, 0) is 18.4 Å². The fraction of sp³-hybridized carbons (Fsp3) is 0.500. The summed E-state index contributed by atoms with van der Waals surface area (Å²) in [5, 5.41) is 9.07. The van der Waals surface area contributed by atoms with Gasteiger partial charge in [0.25, 0.3) is 5.91 Å². The number of carboxylic acid groups (broad SMARTS) is 1. The van der Waals surface area contributed by atoms with E-state index in [1.54, 1.807) is 13.8 Å². The second-order valence-corrected chi connectivity index (χ2v) is 6.89. The van der Waals surface area contributed by atoms with Gasteiger partial charge < -0.3 is 15.4 Å². The van der Waals surface area contributed by atoms with E-state index in [0.29, 0.717) is 0 Å². The maximum absolute atomic E-state index is 12.2. The lowest BCUT2D eigenvalue weighted by Crippen LogP contribution is -2.41. The number of amides is 1. The number of primary amides is 1. The molecule has 1 unspecified atom stereocenters. The largest absolute Gasteiger partial charge is 0.480 e. The highest BCUT2D eigenvalue weighted by Gasteiger charge is 2.27. The van der Waals surface area contributed by atoms with Crippen molar-refractivity contribution >= 4 is 21.9 Å². The highest BCUT2D eigenvalue weighted by Crippen LogP contribution is 2.15. The lowest BCUT2D eigenvalue weighted by molar-refractivity contribution is -0.139. The molecule has 0 radical (unpaired) electrons. The Hall–Kier alpha value is -1.87. The number of aryl methyl sites for hydroxylation is 1. The molecule has 21 heavy (non-hydrogen) atoms. The van der Waals surface area contributed by atoms with E-state index in [-0.39, 0.29) is 22.9 Å². The number of carbonyl (C=O) groups is 2. The normalized spacial score (nSPS) is 13.3. The fourth-order valence-electron chi connectivity index (χ4n) is 1.85. The topological polar surface area (TPSA) is 131 Å². The summed E-state index contributed by atoms with van der Waals surface area (Å²) in [4.78, 5) is 22.0. The van der Waals surface area contributed by atoms with Crippen LogP contribution in [0.15, 0.2) is 17.2 Å². The Morgan fingerprint density at radius 2 is 2.00 bits per heavy atom. The molecule has 0 aliphatic carbocycles. The van der Waals surface area contributed by atoms with E-state index in [1.165, 1.54) is 17.8 Å². The number of aromatic nitrogens is 1. The standard InChI is InChI=1S/C12H19N3O5S/c1-7(2)4-9(12(17)18)14-21(19,20)8-5-10(11(13)16)15(3)6-8/h5-7,9,14H,4H2,1-3H3,(H2,13,16)(H,17,18). The molecule has 0 saturated carbocycles. The van der Waals surface area contributed by atoms with Gasteiger partial charge in [0.1, 0.15) is 16.6 Å². The SMILES string of the molecule is CC(C)CC(NS(=O)(=O)c1cc(C(N)=O)n(C)c1)C(=O)O. The number of rotatable bonds is 7. The summed E-state index contributed by atoms with van der Waals surface area (Å²) >= 11 is 0. The first-order chi connectivity index (χ1) is 9.54. The summed E-state index contributed by atoms with van der Waals surface area (Å²) < 4.78 is 27.8. The maximum Gasteiger partial charge on any atom is 0.321 e. The van der Waals surface area contributed by atoms with Gasteiger partial charge in [0.2, 0.25) is 10.0 Å². The van der Waals surface area contributed by atoms with Gasteiger partial charge in [-0.15, -0.1) is 0 Å². The summed E-state index contributed by atoms with van der Waals surface area (Å²) in [7, 11) is -2.57. The molecule has 0 aliphatic heterocycles. The monoisotopic (exact) mass is 317 g/mol. The van der Waals surface area contributed by atoms with Gasteiger partial charge in [-0.3, -0.25) is 9.59 Å². The molecule has 0 aromatic carbocycles. The molecule has 0 aliphatic rings. The Morgan fingerprint density at radius 3 is 2.38 bits per heavy atom. The summed E-state index contributed by atoms with van der Waals surface area (Å²) in [6.45, 7) is 3.58. The van der Waals surface area contributed by atoms with Gasteiger partial charge in [-0.2, -0.15) is 4.72 Å². The van der Waals surface area contributed by atoms with E-state index in [4.69, 9.17) is 10.8 Å². The van der Waals surface area contributed by atoms with E-state index in [2.05, 4.69) is 4.72 Å². The molecule has 1 rings (SSSR count). The first kappa shape index (κ1) is 17.2. The van der Waals surface area contributed by atoms with Crippen LogP contribution < -0.4 is 10.5 Å². The molecule has 1 heterocycles. The minimum absolute atomic E-state index is 0.00533. The van der Waals surface area contributed by atoms with Crippen LogP contribution in [0.3, 0.4) is 0 Å². The smallest absolute Gasteiger partial charge is 0.321 e. The van der Waals surface area contributed by atoms with Gasteiger partial charge in [0.05, 0.1) is 0 Å². The fourth-order valence-corrected chi connectivity index (χ4v) is 3.12. The van der Waals surface area contributed by atoms with E-state index < -0.39 is 27.9 Å². The van der Waals surface area contributed by atoms with Crippen molar-refractivity contribution in [3.63, 3.8) is 0 Å². The summed E-state index contributed by atoms with van der Waals surface area (Å²) in [5.74, 6) is -2.01. The second-order valence-electron chi connectivity index (χ2n) is 5.18. The molecule has 9 heteroatoms. The van der Waals surface area contributed by atoms with Crippen LogP contribution in [-0.2, 0) is 21.9 Å². The molecule has 1 amide bonds. The molecule has 0 spiro atoms. The Labute approximate surface area is 123 Å². The van der Waals surface area contributed by atoms with Gasteiger partial charge in [0, 0.05) is 13.2 Å². The minimum atomic E-state index is -4.04. The first-order valence-electron chi connectivity index (χ1n) is 6.26. The minimum Gasteiger partial charge on any atom is -0.480 e. The third-order valence-electron chi connectivity index (χ3n) is 2.85. The third-order valence-corrected chi connectivity index (χ3v) is 4.28. The van der Waals surface area contributed by atoms with Crippen molar-refractivity contribution in [2.45, 2.75) is 31.2 Å². The summed E-state index contributed by atoms with van der Waals surface area (Å²) in [5.41, 5.74) is 5.14. The van der Waals surface area contributed by atoms with E-state index in [0.717, 1.165) is 6.07 Å². The average molecular weight is 317 g/mol. The van der Waals surface area contributed by atoms with E-state index in [1.807, 2.05) is 0 Å². The lowest BCUT2D eigenvalue weighted by Gasteiger charge is -2.15. The van der Waals surface area contributed by atoms with Crippen molar-refractivity contribution in [1.82, 2.24) is 9.29 Å². The Bertz CT molecular complexity index is 648. The van der Waals surface area contributed by atoms with Crippen LogP contribution in [0.2, 0.25) is 0 Å². The third kappa shape index (κ3) is 4.30. The highest BCUT2D eigenvalue weighted by molar-refractivity contribution is 7.89. The number of nitrogens with one attached hydrogen (secondary N) is 1. The summed E-state index contributed by atoms with van der Waals surface area (Å²) in [6, 6.07) is -0.119. The maximum atomic E-state index is 12.2.